The number of amides is 1. The number of nitrogens with zero attached hydrogens (tertiary/aromatic N) is 1. The first kappa shape index (κ1) is 11.0. The minimum Gasteiger partial charge on any atom is -0.361 e. The van der Waals surface area contributed by atoms with Crippen molar-refractivity contribution in [2.45, 2.75) is 25.6 Å². The molecule has 1 aromatic heterocycles. The van der Waals surface area contributed by atoms with Crippen LogP contribution in [0, 0.1) is 6.92 Å². The normalized spacial score (nSPS) is 12.5. The lowest BCUT2D eigenvalue weighted by Crippen LogP contribution is -2.31. The lowest BCUT2D eigenvalue weighted by Gasteiger charge is -2.03. The summed E-state index contributed by atoms with van der Waals surface area (Å²) in [6, 6.07) is 1.84. The molecule has 0 radical (unpaired) electrons. The molecule has 1 unspecified atom stereocenters. The fraction of sp³-hybridized carbons (Fsp3) is 0.556. The van der Waals surface area contributed by atoms with Crippen LogP contribution < -0.4 is 5.32 Å². The molecule has 0 aliphatic rings. The second-order valence-electron chi connectivity index (χ2n) is 3.09. The van der Waals surface area contributed by atoms with Gasteiger partial charge in [-0.15, -0.1) is 11.6 Å². The van der Waals surface area contributed by atoms with Crippen LogP contribution in [0.5, 0.6) is 0 Å². The highest BCUT2D eigenvalue weighted by Gasteiger charge is 2.08. The SMILES string of the molecule is Cc1cc(CCNC(=O)C(C)Cl)on1. The fourth-order valence-electron chi connectivity index (χ4n) is 0.984. The molecule has 0 aliphatic heterocycles. The number of alkyl halides is 1. The van der Waals surface area contributed by atoms with Gasteiger partial charge in [0.15, 0.2) is 0 Å². The molecule has 0 fully saturated rings. The molecule has 1 atom stereocenters. The van der Waals surface area contributed by atoms with E-state index in [1.54, 1.807) is 6.92 Å². The summed E-state index contributed by atoms with van der Waals surface area (Å²) >= 11 is 5.57. The molecule has 5 heteroatoms. The first-order valence-corrected chi connectivity index (χ1v) is 4.87. The molecule has 78 valence electrons. The van der Waals surface area contributed by atoms with Crippen molar-refractivity contribution in [3.8, 4) is 0 Å². The summed E-state index contributed by atoms with van der Waals surface area (Å²) in [5, 5.41) is 5.92. The first-order chi connectivity index (χ1) is 6.59. The molecule has 14 heavy (non-hydrogen) atoms. The van der Waals surface area contributed by atoms with Crippen molar-refractivity contribution in [3.63, 3.8) is 0 Å². The van der Waals surface area contributed by atoms with Crippen molar-refractivity contribution in [3.05, 3.63) is 17.5 Å². The van der Waals surface area contributed by atoms with Crippen LogP contribution in [-0.2, 0) is 11.2 Å². The quantitative estimate of drug-likeness (QED) is 0.772. The molecular weight excluding hydrogens is 204 g/mol. The van der Waals surface area contributed by atoms with E-state index in [1.165, 1.54) is 0 Å². The van der Waals surface area contributed by atoms with Gasteiger partial charge >= 0.3 is 0 Å². The summed E-state index contributed by atoms with van der Waals surface area (Å²) in [5.41, 5.74) is 0.844. The number of carbonyl (C=O) groups excluding carboxylic acids is 1. The van der Waals surface area contributed by atoms with Gasteiger partial charge in [0, 0.05) is 19.0 Å². The van der Waals surface area contributed by atoms with Crippen molar-refractivity contribution in [1.29, 1.82) is 0 Å². The zero-order valence-electron chi connectivity index (χ0n) is 8.21. The average Bonchev–Trinajstić information content (AvgIpc) is 2.51. The summed E-state index contributed by atoms with van der Waals surface area (Å²) in [5.74, 6) is 0.605. The zero-order valence-corrected chi connectivity index (χ0v) is 8.97. The smallest absolute Gasteiger partial charge is 0.237 e. The fourth-order valence-corrected chi connectivity index (χ4v) is 1.06. The van der Waals surface area contributed by atoms with Gasteiger partial charge in [0.1, 0.15) is 11.1 Å². The van der Waals surface area contributed by atoms with Crippen molar-refractivity contribution >= 4 is 17.5 Å². The number of aromatic nitrogens is 1. The number of nitrogens with one attached hydrogen (secondary N) is 1. The second kappa shape index (κ2) is 5.00. The number of rotatable bonds is 4. The van der Waals surface area contributed by atoms with Crippen LogP contribution in [0.15, 0.2) is 10.6 Å². The largest absolute Gasteiger partial charge is 0.361 e. The molecule has 1 N–H and O–H groups in total. The Hall–Kier alpha value is -1.03. The van der Waals surface area contributed by atoms with E-state index >= 15 is 0 Å². The molecule has 0 aliphatic carbocycles. The standard InChI is InChI=1S/C9H13ClN2O2/c1-6-5-8(14-12-6)3-4-11-9(13)7(2)10/h5,7H,3-4H2,1-2H3,(H,11,13). The molecule has 0 saturated heterocycles. The Morgan fingerprint density at radius 1 is 1.79 bits per heavy atom. The van der Waals surface area contributed by atoms with Crippen molar-refractivity contribution in [2.24, 2.45) is 0 Å². The van der Waals surface area contributed by atoms with E-state index < -0.39 is 5.38 Å². The van der Waals surface area contributed by atoms with E-state index in [4.69, 9.17) is 16.1 Å². The molecule has 1 heterocycles. The number of hydrogen-bond acceptors (Lipinski definition) is 3. The molecule has 1 aromatic rings. The van der Waals surface area contributed by atoms with E-state index in [0.29, 0.717) is 13.0 Å². The molecule has 0 spiro atoms. The Kier molecular flexibility index (Phi) is 3.95. The third kappa shape index (κ3) is 3.38. The van der Waals surface area contributed by atoms with Crippen LogP contribution in [0.4, 0.5) is 0 Å². The maximum atomic E-state index is 11.0. The highest BCUT2D eigenvalue weighted by Crippen LogP contribution is 2.02. The summed E-state index contributed by atoms with van der Waals surface area (Å²) in [7, 11) is 0. The third-order valence-electron chi connectivity index (χ3n) is 1.71. The van der Waals surface area contributed by atoms with Crippen LogP contribution in [0.3, 0.4) is 0 Å². The van der Waals surface area contributed by atoms with Gasteiger partial charge < -0.3 is 9.84 Å². The van der Waals surface area contributed by atoms with E-state index in [0.717, 1.165) is 11.5 Å². The Labute approximate surface area is 87.6 Å². The lowest BCUT2D eigenvalue weighted by molar-refractivity contribution is -0.120. The monoisotopic (exact) mass is 216 g/mol. The number of aryl methyl sites for hydroxylation is 1. The van der Waals surface area contributed by atoms with Crippen LogP contribution in [-0.4, -0.2) is 23.0 Å². The van der Waals surface area contributed by atoms with Crippen molar-refractivity contribution in [2.75, 3.05) is 6.54 Å². The number of carbonyl (C=O) groups is 1. The molecule has 0 bridgehead atoms. The Morgan fingerprint density at radius 2 is 2.50 bits per heavy atom. The van der Waals surface area contributed by atoms with Gasteiger partial charge in [-0.25, -0.2) is 0 Å². The predicted molar refractivity (Wildman–Crippen MR) is 53.3 cm³/mol. The van der Waals surface area contributed by atoms with Gasteiger partial charge in [-0.05, 0) is 13.8 Å². The first-order valence-electron chi connectivity index (χ1n) is 4.43. The van der Waals surface area contributed by atoms with Crippen molar-refractivity contribution in [1.82, 2.24) is 10.5 Å². The van der Waals surface area contributed by atoms with E-state index in [-0.39, 0.29) is 5.91 Å². The summed E-state index contributed by atoms with van der Waals surface area (Å²) in [6.45, 7) is 4.01. The highest BCUT2D eigenvalue weighted by atomic mass is 35.5. The topological polar surface area (TPSA) is 55.1 Å². The predicted octanol–water partition coefficient (Wildman–Crippen LogP) is 1.27. The van der Waals surface area contributed by atoms with Crippen LogP contribution >= 0.6 is 11.6 Å². The molecule has 0 aromatic carbocycles. The molecule has 4 nitrogen and oxygen atoms in total. The summed E-state index contributed by atoms with van der Waals surface area (Å²) in [6.07, 6.45) is 0.635. The minimum atomic E-state index is -0.494. The molecular formula is C9H13ClN2O2. The van der Waals surface area contributed by atoms with Gasteiger partial charge in [0.05, 0.1) is 5.69 Å². The zero-order chi connectivity index (χ0) is 10.6. The van der Waals surface area contributed by atoms with Gasteiger partial charge in [0.2, 0.25) is 5.91 Å². The minimum absolute atomic E-state index is 0.164. The molecule has 1 rings (SSSR count). The number of hydrogen-bond donors (Lipinski definition) is 1. The van der Waals surface area contributed by atoms with Gasteiger partial charge in [-0.1, -0.05) is 5.16 Å². The third-order valence-corrected chi connectivity index (χ3v) is 1.91. The van der Waals surface area contributed by atoms with Gasteiger partial charge in [-0.2, -0.15) is 0 Å². The average molecular weight is 217 g/mol. The van der Waals surface area contributed by atoms with Gasteiger partial charge in [0.25, 0.3) is 0 Å². The number of halogens is 1. The van der Waals surface area contributed by atoms with E-state index in [2.05, 4.69) is 10.5 Å². The van der Waals surface area contributed by atoms with Crippen LogP contribution in [0.25, 0.3) is 0 Å². The Balaban J connectivity index is 2.25. The molecule has 1 amide bonds. The summed E-state index contributed by atoms with van der Waals surface area (Å²) < 4.78 is 4.97. The van der Waals surface area contributed by atoms with Crippen molar-refractivity contribution < 1.29 is 9.32 Å². The van der Waals surface area contributed by atoms with E-state index in [1.807, 2.05) is 13.0 Å². The van der Waals surface area contributed by atoms with Crippen LogP contribution in [0.2, 0.25) is 0 Å². The maximum absolute atomic E-state index is 11.0. The maximum Gasteiger partial charge on any atom is 0.237 e. The lowest BCUT2D eigenvalue weighted by atomic mass is 10.3. The second-order valence-corrected chi connectivity index (χ2v) is 3.75. The Bertz CT molecular complexity index is 310. The Morgan fingerprint density at radius 3 is 3.00 bits per heavy atom. The molecule has 0 saturated carbocycles. The van der Waals surface area contributed by atoms with Gasteiger partial charge in [-0.3, -0.25) is 4.79 Å². The van der Waals surface area contributed by atoms with Crippen LogP contribution in [0.1, 0.15) is 18.4 Å². The highest BCUT2D eigenvalue weighted by molar-refractivity contribution is 6.30. The summed E-state index contributed by atoms with van der Waals surface area (Å²) in [4.78, 5) is 11.0. The van der Waals surface area contributed by atoms with E-state index in [9.17, 15) is 4.79 Å².